The Labute approximate surface area is 149 Å². The molecule has 1 atom stereocenters. The Kier molecular flexibility index (Phi) is 8.90. The summed E-state index contributed by atoms with van der Waals surface area (Å²) in [6.45, 7) is 3.57. The van der Waals surface area contributed by atoms with E-state index >= 15 is 0 Å². The van der Waals surface area contributed by atoms with Gasteiger partial charge in [-0.3, -0.25) is 10.0 Å². The monoisotopic (exact) mass is 352 g/mol. The normalized spacial score (nSPS) is 16.7. The van der Waals surface area contributed by atoms with Crippen LogP contribution in [0.1, 0.15) is 88.8 Å². The quantitative estimate of drug-likeness (QED) is 0.321. The Hall–Kier alpha value is -1.47. The van der Waals surface area contributed by atoms with Gasteiger partial charge in [-0.05, 0) is 25.3 Å². The third-order valence-corrected chi connectivity index (χ3v) is 4.99. The van der Waals surface area contributed by atoms with E-state index in [1.54, 1.807) is 5.48 Å². The number of nitrogens with one attached hydrogen (secondary N) is 2. The maximum atomic E-state index is 11.6. The molecule has 1 aromatic rings. The van der Waals surface area contributed by atoms with Crippen LogP contribution in [0.2, 0.25) is 0 Å². The number of amides is 1. The van der Waals surface area contributed by atoms with Crippen molar-refractivity contribution in [1.29, 1.82) is 0 Å². The van der Waals surface area contributed by atoms with Gasteiger partial charge >= 0.3 is 0 Å². The predicted molar refractivity (Wildman–Crippen MR) is 94.0 cm³/mol. The molecule has 0 saturated heterocycles. The van der Waals surface area contributed by atoms with Gasteiger partial charge < -0.3 is 9.84 Å². The average molecular weight is 352 g/mol. The molecule has 3 N–H and O–H groups in total. The average Bonchev–Trinajstić information content (AvgIpc) is 3.10. The van der Waals surface area contributed by atoms with Crippen molar-refractivity contribution in [2.75, 3.05) is 6.54 Å². The molecule has 0 radical (unpaired) electrons. The van der Waals surface area contributed by atoms with Crippen LogP contribution in [0.4, 0.5) is 0 Å². The highest BCUT2D eigenvalue weighted by molar-refractivity contribution is 5.75. The van der Waals surface area contributed by atoms with E-state index in [2.05, 4.69) is 22.4 Å². The van der Waals surface area contributed by atoms with Crippen LogP contribution in [-0.2, 0) is 11.3 Å². The molecule has 0 unspecified atom stereocenters. The molecule has 142 valence electrons. The Balaban J connectivity index is 1.86. The minimum absolute atomic E-state index is 0.136. The first-order valence-corrected chi connectivity index (χ1v) is 9.69. The first-order chi connectivity index (χ1) is 12.2. The Morgan fingerprint density at radius 2 is 2.16 bits per heavy atom. The molecule has 2 rings (SSSR count). The van der Waals surface area contributed by atoms with E-state index < -0.39 is 5.91 Å². The molecule has 1 amide bonds. The van der Waals surface area contributed by atoms with Crippen molar-refractivity contribution in [2.45, 2.75) is 83.6 Å². The molecule has 1 aliphatic rings. The van der Waals surface area contributed by atoms with Crippen LogP contribution in [0, 0.1) is 5.92 Å². The van der Waals surface area contributed by atoms with Gasteiger partial charge in [-0.25, -0.2) is 5.48 Å². The van der Waals surface area contributed by atoms with Gasteiger partial charge in [0.15, 0.2) is 5.82 Å². The third kappa shape index (κ3) is 7.12. The topological polar surface area (TPSA) is 100 Å². The fourth-order valence-corrected chi connectivity index (χ4v) is 3.59. The smallest absolute Gasteiger partial charge is 0.244 e. The molecule has 7 heteroatoms. The van der Waals surface area contributed by atoms with Crippen LogP contribution < -0.4 is 10.8 Å². The number of rotatable bonds is 11. The number of carbonyl (C=O) groups excluding carboxylic acids is 1. The summed E-state index contributed by atoms with van der Waals surface area (Å²) in [5.74, 6) is 1.39. The van der Waals surface area contributed by atoms with Crippen LogP contribution in [0.5, 0.6) is 0 Å². The van der Waals surface area contributed by atoms with Gasteiger partial charge in [0.2, 0.25) is 11.8 Å². The fourth-order valence-electron chi connectivity index (χ4n) is 3.59. The van der Waals surface area contributed by atoms with E-state index in [1.165, 1.54) is 38.5 Å². The van der Waals surface area contributed by atoms with Crippen molar-refractivity contribution in [1.82, 2.24) is 20.9 Å². The van der Waals surface area contributed by atoms with Crippen molar-refractivity contribution >= 4 is 5.91 Å². The lowest BCUT2D eigenvalue weighted by Crippen LogP contribution is -2.21. The van der Waals surface area contributed by atoms with Gasteiger partial charge in [-0.15, -0.1) is 0 Å². The summed E-state index contributed by atoms with van der Waals surface area (Å²) >= 11 is 0. The zero-order chi connectivity index (χ0) is 17.9. The SMILES string of the molecule is CCCNCc1noc([C@@H](CCCC2CCCCC2)CC(=O)NO)n1. The van der Waals surface area contributed by atoms with Gasteiger partial charge in [0.1, 0.15) is 0 Å². The summed E-state index contributed by atoms with van der Waals surface area (Å²) in [5.41, 5.74) is 1.71. The number of aromatic nitrogens is 2. The van der Waals surface area contributed by atoms with Crippen molar-refractivity contribution in [2.24, 2.45) is 5.92 Å². The van der Waals surface area contributed by atoms with E-state index in [9.17, 15) is 4.79 Å². The van der Waals surface area contributed by atoms with Crippen LogP contribution >= 0.6 is 0 Å². The second-order valence-electron chi connectivity index (χ2n) is 7.10. The summed E-state index contributed by atoms with van der Waals surface area (Å²) in [4.78, 5) is 16.0. The Bertz CT molecular complexity index is 500. The van der Waals surface area contributed by atoms with Gasteiger partial charge in [-0.2, -0.15) is 4.98 Å². The van der Waals surface area contributed by atoms with Crippen molar-refractivity contribution < 1.29 is 14.5 Å². The van der Waals surface area contributed by atoms with Gasteiger partial charge in [0, 0.05) is 12.3 Å². The summed E-state index contributed by atoms with van der Waals surface area (Å²) < 4.78 is 5.38. The number of nitrogens with zero attached hydrogens (tertiary/aromatic N) is 2. The summed E-state index contributed by atoms with van der Waals surface area (Å²) in [7, 11) is 0. The van der Waals surface area contributed by atoms with Crippen LogP contribution in [0.3, 0.4) is 0 Å². The highest BCUT2D eigenvalue weighted by Crippen LogP contribution is 2.31. The number of hydrogen-bond acceptors (Lipinski definition) is 6. The third-order valence-electron chi connectivity index (χ3n) is 4.99. The van der Waals surface area contributed by atoms with Crippen LogP contribution in [0.25, 0.3) is 0 Å². The summed E-state index contributed by atoms with van der Waals surface area (Å²) in [6, 6.07) is 0. The van der Waals surface area contributed by atoms with Gasteiger partial charge in [0.25, 0.3) is 0 Å². The molecule has 0 aromatic carbocycles. The predicted octanol–water partition coefficient (Wildman–Crippen LogP) is 3.30. The molecule has 0 bridgehead atoms. The minimum atomic E-state index is -0.411. The lowest BCUT2D eigenvalue weighted by Gasteiger charge is -2.22. The van der Waals surface area contributed by atoms with E-state index in [-0.39, 0.29) is 12.3 Å². The second-order valence-corrected chi connectivity index (χ2v) is 7.10. The first kappa shape index (κ1) is 19.8. The van der Waals surface area contributed by atoms with Crippen LogP contribution in [0.15, 0.2) is 4.52 Å². The van der Waals surface area contributed by atoms with E-state index in [0.29, 0.717) is 18.3 Å². The second kappa shape index (κ2) is 11.2. The van der Waals surface area contributed by atoms with Gasteiger partial charge in [0.05, 0.1) is 6.54 Å². The lowest BCUT2D eigenvalue weighted by molar-refractivity contribution is -0.129. The molecular formula is C18H32N4O3. The Morgan fingerprint density at radius 3 is 2.88 bits per heavy atom. The highest BCUT2D eigenvalue weighted by Gasteiger charge is 2.23. The van der Waals surface area contributed by atoms with Crippen molar-refractivity contribution in [3.63, 3.8) is 0 Å². The Morgan fingerprint density at radius 1 is 1.36 bits per heavy atom. The molecule has 0 aliphatic heterocycles. The van der Waals surface area contributed by atoms with Crippen LogP contribution in [-0.4, -0.2) is 27.8 Å². The van der Waals surface area contributed by atoms with Gasteiger partial charge in [-0.1, -0.05) is 57.0 Å². The fraction of sp³-hybridized carbons (Fsp3) is 0.833. The van der Waals surface area contributed by atoms with E-state index in [1.807, 2.05) is 0 Å². The molecule has 1 saturated carbocycles. The van der Waals surface area contributed by atoms with E-state index in [4.69, 9.17) is 9.73 Å². The summed E-state index contributed by atoms with van der Waals surface area (Å²) in [6.07, 6.45) is 11.0. The summed E-state index contributed by atoms with van der Waals surface area (Å²) in [5, 5.41) is 16.1. The highest BCUT2D eigenvalue weighted by atomic mass is 16.5. The largest absolute Gasteiger partial charge is 0.339 e. The molecule has 7 nitrogen and oxygen atoms in total. The maximum Gasteiger partial charge on any atom is 0.244 e. The number of carbonyl (C=O) groups is 1. The zero-order valence-electron chi connectivity index (χ0n) is 15.3. The molecule has 25 heavy (non-hydrogen) atoms. The standard InChI is InChI=1S/C18H32N4O3/c1-2-11-19-13-16-20-18(25-22-16)15(12-17(23)21-24)10-6-9-14-7-4-3-5-8-14/h14-15,19,24H,2-13H2,1H3,(H,21,23)/t15-/m0/s1. The number of hydroxylamine groups is 1. The molecule has 1 aliphatic carbocycles. The zero-order valence-corrected chi connectivity index (χ0v) is 15.3. The van der Waals surface area contributed by atoms with Crippen molar-refractivity contribution in [3.05, 3.63) is 11.7 Å². The lowest BCUT2D eigenvalue weighted by atomic mass is 9.84. The molecule has 1 fully saturated rings. The van der Waals surface area contributed by atoms with E-state index in [0.717, 1.165) is 31.7 Å². The molecule has 1 heterocycles. The molecule has 0 spiro atoms. The first-order valence-electron chi connectivity index (χ1n) is 9.69. The minimum Gasteiger partial charge on any atom is -0.339 e. The van der Waals surface area contributed by atoms with Crippen molar-refractivity contribution in [3.8, 4) is 0 Å². The number of hydrogen-bond donors (Lipinski definition) is 3. The molecular weight excluding hydrogens is 320 g/mol. The maximum absolute atomic E-state index is 11.6. The molecule has 1 aromatic heterocycles.